The van der Waals surface area contributed by atoms with Gasteiger partial charge in [0.25, 0.3) is 5.91 Å². The molecule has 0 saturated carbocycles. The van der Waals surface area contributed by atoms with Gasteiger partial charge in [0.05, 0.1) is 12.2 Å². The van der Waals surface area contributed by atoms with Crippen molar-refractivity contribution in [1.29, 1.82) is 0 Å². The van der Waals surface area contributed by atoms with E-state index in [4.69, 9.17) is 4.52 Å². The van der Waals surface area contributed by atoms with E-state index in [1.165, 1.54) is 24.8 Å². The number of aromatic nitrogens is 3. The van der Waals surface area contributed by atoms with Crippen LogP contribution in [0.5, 0.6) is 0 Å². The number of nitrogens with one attached hydrogen (secondary N) is 1. The molecule has 0 bridgehead atoms. The number of allylic oxidation sites excluding steroid dienone is 1. The Hall–Kier alpha value is -2.37. The van der Waals surface area contributed by atoms with Gasteiger partial charge in [-0.2, -0.15) is 5.10 Å². The van der Waals surface area contributed by atoms with Crippen LogP contribution in [0.3, 0.4) is 0 Å². The first-order valence-electron chi connectivity index (χ1n) is 8.97. The van der Waals surface area contributed by atoms with E-state index in [1.54, 1.807) is 0 Å². The van der Waals surface area contributed by atoms with Crippen LogP contribution in [-0.4, -0.2) is 27.4 Å². The van der Waals surface area contributed by atoms with Gasteiger partial charge in [0.2, 0.25) is 0 Å². The summed E-state index contributed by atoms with van der Waals surface area (Å²) in [7, 11) is 0. The van der Waals surface area contributed by atoms with E-state index in [2.05, 4.69) is 21.6 Å². The maximum Gasteiger partial charge on any atom is 0.273 e. The third-order valence-corrected chi connectivity index (χ3v) is 4.73. The predicted octanol–water partition coefficient (Wildman–Crippen LogP) is 3.46. The Morgan fingerprint density at radius 2 is 2.16 bits per heavy atom. The molecule has 1 N–H and O–H groups in total. The van der Waals surface area contributed by atoms with Gasteiger partial charge < -0.3 is 9.84 Å². The van der Waals surface area contributed by atoms with Gasteiger partial charge in [-0.15, -0.1) is 0 Å². The SMILES string of the molecule is Cc1cc(C)n(Cc2c(C(=O)NCCC3=CCCCC3)noc2C)n1. The third-order valence-electron chi connectivity index (χ3n) is 4.73. The van der Waals surface area contributed by atoms with Gasteiger partial charge >= 0.3 is 0 Å². The van der Waals surface area contributed by atoms with Crippen molar-refractivity contribution in [3.8, 4) is 0 Å². The molecule has 6 heteroatoms. The lowest BCUT2D eigenvalue weighted by atomic mass is 9.97. The number of hydrogen-bond donors (Lipinski definition) is 1. The number of nitrogens with zero attached hydrogens (tertiary/aromatic N) is 3. The molecule has 3 rings (SSSR count). The molecule has 0 aliphatic heterocycles. The van der Waals surface area contributed by atoms with Gasteiger partial charge in [-0.25, -0.2) is 0 Å². The first-order valence-corrected chi connectivity index (χ1v) is 8.97. The predicted molar refractivity (Wildman–Crippen MR) is 95.5 cm³/mol. The highest BCUT2D eigenvalue weighted by Crippen LogP contribution is 2.20. The molecule has 6 nitrogen and oxygen atoms in total. The summed E-state index contributed by atoms with van der Waals surface area (Å²) < 4.78 is 7.14. The molecule has 1 aliphatic rings. The molecular weight excluding hydrogens is 316 g/mol. The first-order chi connectivity index (χ1) is 12.0. The van der Waals surface area contributed by atoms with E-state index >= 15 is 0 Å². The molecule has 0 saturated heterocycles. The second-order valence-corrected chi connectivity index (χ2v) is 6.76. The fourth-order valence-corrected chi connectivity index (χ4v) is 3.29. The minimum absolute atomic E-state index is 0.176. The highest BCUT2D eigenvalue weighted by molar-refractivity contribution is 5.93. The summed E-state index contributed by atoms with van der Waals surface area (Å²) in [6, 6.07) is 2.01. The van der Waals surface area contributed by atoms with E-state index in [9.17, 15) is 4.79 Å². The molecule has 134 valence electrons. The van der Waals surface area contributed by atoms with Crippen LogP contribution >= 0.6 is 0 Å². The van der Waals surface area contributed by atoms with Crippen LogP contribution in [0.1, 0.15) is 65.3 Å². The maximum absolute atomic E-state index is 12.5. The van der Waals surface area contributed by atoms with Crippen LogP contribution in [0.2, 0.25) is 0 Å². The Labute approximate surface area is 148 Å². The van der Waals surface area contributed by atoms with E-state index in [1.807, 2.05) is 31.5 Å². The lowest BCUT2D eigenvalue weighted by Gasteiger charge is -2.12. The highest BCUT2D eigenvalue weighted by Gasteiger charge is 2.20. The highest BCUT2D eigenvalue weighted by atomic mass is 16.5. The molecule has 0 aromatic carbocycles. The first kappa shape index (κ1) is 17.5. The lowest BCUT2D eigenvalue weighted by molar-refractivity contribution is 0.0944. The van der Waals surface area contributed by atoms with Crippen molar-refractivity contribution in [2.75, 3.05) is 6.54 Å². The fraction of sp³-hybridized carbons (Fsp3) is 0.526. The number of hydrogen-bond acceptors (Lipinski definition) is 4. The third kappa shape index (κ3) is 4.18. The zero-order valence-electron chi connectivity index (χ0n) is 15.3. The van der Waals surface area contributed by atoms with E-state index in [0.717, 1.165) is 29.8 Å². The van der Waals surface area contributed by atoms with Crippen LogP contribution in [0.4, 0.5) is 0 Å². The number of carbonyl (C=O) groups excluding carboxylic acids is 1. The summed E-state index contributed by atoms with van der Waals surface area (Å²) in [5.41, 5.74) is 4.61. The average Bonchev–Trinajstić information content (AvgIpc) is 3.11. The molecule has 1 amide bonds. The van der Waals surface area contributed by atoms with Gasteiger partial charge in [-0.1, -0.05) is 16.8 Å². The zero-order valence-corrected chi connectivity index (χ0v) is 15.3. The Balaban J connectivity index is 1.64. The van der Waals surface area contributed by atoms with Gasteiger partial charge in [-0.05, 0) is 58.9 Å². The summed E-state index contributed by atoms with van der Waals surface area (Å²) in [6.45, 7) is 6.91. The monoisotopic (exact) mass is 342 g/mol. The molecule has 25 heavy (non-hydrogen) atoms. The molecule has 0 atom stereocenters. The van der Waals surface area contributed by atoms with Crippen molar-refractivity contribution in [2.24, 2.45) is 0 Å². The molecular formula is C19H26N4O2. The number of rotatable bonds is 6. The Morgan fingerprint density at radius 3 is 2.84 bits per heavy atom. The fourth-order valence-electron chi connectivity index (χ4n) is 3.29. The van der Waals surface area contributed by atoms with Crippen LogP contribution in [0.25, 0.3) is 0 Å². The van der Waals surface area contributed by atoms with Crippen molar-refractivity contribution < 1.29 is 9.32 Å². The molecule has 2 aromatic heterocycles. The molecule has 2 heterocycles. The van der Waals surface area contributed by atoms with E-state index < -0.39 is 0 Å². The van der Waals surface area contributed by atoms with Gasteiger partial charge in [0, 0.05) is 17.8 Å². The normalized spacial score (nSPS) is 14.4. The standard InChI is InChI=1S/C19H26N4O2/c1-13-11-14(2)23(21-13)12-17-15(3)25-22-18(17)19(24)20-10-9-16-7-5-4-6-8-16/h7,11H,4-6,8-10,12H2,1-3H3,(H,20,24). The largest absolute Gasteiger partial charge is 0.361 e. The summed E-state index contributed by atoms with van der Waals surface area (Å²) in [5, 5.41) is 11.4. The molecule has 0 fully saturated rings. The Kier molecular flexibility index (Phi) is 5.36. The molecule has 0 unspecified atom stereocenters. The second kappa shape index (κ2) is 7.68. The van der Waals surface area contributed by atoms with Crippen molar-refractivity contribution in [1.82, 2.24) is 20.3 Å². The molecule has 2 aromatic rings. The lowest BCUT2D eigenvalue weighted by Crippen LogP contribution is -2.26. The second-order valence-electron chi connectivity index (χ2n) is 6.76. The zero-order chi connectivity index (χ0) is 17.8. The van der Waals surface area contributed by atoms with Gasteiger partial charge in [0.1, 0.15) is 5.76 Å². The Bertz CT molecular complexity index is 785. The van der Waals surface area contributed by atoms with Crippen molar-refractivity contribution >= 4 is 5.91 Å². The van der Waals surface area contributed by atoms with Crippen molar-refractivity contribution in [3.05, 3.63) is 46.1 Å². The number of aryl methyl sites for hydroxylation is 3. The van der Waals surface area contributed by atoms with E-state index in [-0.39, 0.29) is 5.91 Å². The topological polar surface area (TPSA) is 73.0 Å². The maximum atomic E-state index is 12.5. The van der Waals surface area contributed by atoms with Gasteiger partial charge in [0.15, 0.2) is 5.69 Å². The van der Waals surface area contributed by atoms with Crippen LogP contribution in [-0.2, 0) is 6.54 Å². The van der Waals surface area contributed by atoms with Gasteiger partial charge in [-0.3, -0.25) is 9.48 Å². The average molecular weight is 342 g/mol. The smallest absolute Gasteiger partial charge is 0.273 e. The summed E-state index contributed by atoms with van der Waals surface area (Å²) in [5.74, 6) is 0.484. The van der Waals surface area contributed by atoms with E-state index in [0.29, 0.717) is 24.5 Å². The van der Waals surface area contributed by atoms with Crippen molar-refractivity contribution in [3.63, 3.8) is 0 Å². The summed E-state index contributed by atoms with van der Waals surface area (Å²) in [6.07, 6.45) is 8.08. The summed E-state index contributed by atoms with van der Waals surface area (Å²) in [4.78, 5) is 12.5. The molecule has 1 aliphatic carbocycles. The van der Waals surface area contributed by atoms with Crippen molar-refractivity contribution in [2.45, 2.75) is 59.4 Å². The quantitative estimate of drug-likeness (QED) is 0.816. The number of carbonyl (C=O) groups is 1. The minimum Gasteiger partial charge on any atom is -0.361 e. The van der Waals surface area contributed by atoms with Crippen LogP contribution in [0, 0.1) is 20.8 Å². The Morgan fingerprint density at radius 1 is 1.32 bits per heavy atom. The minimum atomic E-state index is -0.176. The summed E-state index contributed by atoms with van der Waals surface area (Å²) >= 11 is 0. The molecule has 0 spiro atoms. The molecule has 0 radical (unpaired) electrons. The number of amides is 1. The van der Waals surface area contributed by atoms with Crippen LogP contribution < -0.4 is 5.32 Å². The van der Waals surface area contributed by atoms with Crippen LogP contribution in [0.15, 0.2) is 22.2 Å².